The molecular weight excluding hydrogens is 457 g/mol. The summed E-state index contributed by atoms with van der Waals surface area (Å²) >= 11 is 1.24. The minimum absolute atomic E-state index is 0. The molecule has 0 aliphatic rings. The van der Waals surface area contributed by atoms with Gasteiger partial charge in [-0.25, -0.2) is 13.4 Å². The van der Waals surface area contributed by atoms with Crippen molar-refractivity contribution in [2.24, 2.45) is 10.7 Å². The highest BCUT2D eigenvalue weighted by atomic mass is 127. The monoisotopic (exact) mass is 479 g/mol. The van der Waals surface area contributed by atoms with Crippen LogP contribution < -0.4 is 11.1 Å². The third-order valence-electron chi connectivity index (χ3n) is 3.51. The van der Waals surface area contributed by atoms with Crippen molar-refractivity contribution in [2.45, 2.75) is 31.5 Å². The van der Waals surface area contributed by atoms with Crippen LogP contribution in [0.25, 0.3) is 0 Å². The van der Waals surface area contributed by atoms with E-state index in [0.29, 0.717) is 16.7 Å². The highest BCUT2D eigenvalue weighted by Gasteiger charge is 2.14. The van der Waals surface area contributed by atoms with Gasteiger partial charge in [0.15, 0.2) is 15.8 Å². The molecule has 0 unspecified atom stereocenters. The van der Waals surface area contributed by atoms with E-state index in [0.717, 1.165) is 10.6 Å². The highest BCUT2D eigenvalue weighted by molar-refractivity contribution is 14.0. The van der Waals surface area contributed by atoms with E-state index in [4.69, 9.17) is 5.73 Å². The second-order valence-electron chi connectivity index (χ2n) is 5.25. The molecule has 0 aliphatic heterocycles. The summed E-state index contributed by atoms with van der Waals surface area (Å²) in [4.78, 5) is 5.12. The number of halogens is 1. The maximum absolute atomic E-state index is 11.8. The topological polar surface area (TPSA) is 84.5 Å². The molecule has 3 N–H and O–H groups in total. The van der Waals surface area contributed by atoms with Crippen molar-refractivity contribution in [1.82, 2.24) is 0 Å². The fourth-order valence-electron chi connectivity index (χ4n) is 1.92. The fourth-order valence-corrected chi connectivity index (χ4v) is 4.32. The lowest BCUT2D eigenvalue weighted by Gasteiger charge is -2.07. The number of hydrogen-bond donors (Lipinski definition) is 2. The summed E-state index contributed by atoms with van der Waals surface area (Å²) in [7, 11) is -3.15. The number of thiophene rings is 1. The largest absolute Gasteiger partial charge is 0.370 e. The number of nitrogens with zero attached hydrogens (tertiary/aromatic N) is 1. The molecule has 0 bridgehead atoms. The Hall–Kier alpha value is -1.13. The lowest BCUT2D eigenvalue weighted by atomic mass is 10.1. The Labute approximate surface area is 164 Å². The lowest BCUT2D eigenvalue weighted by molar-refractivity contribution is 0.599. The zero-order chi connectivity index (χ0) is 17.0. The van der Waals surface area contributed by atoms with E-state index in [1.807, 2.05) is 25.1 Å². The van der Waals surface area contributed by atoms with Crippen molar-refractivity contribution in [3.8, 4) is 0 Å². The van der Waals surface area contributed by atoms with Gasteiger partial charge in [0, 0.05) is 10.6 Å². The molecule has 0 atom stereocenters. The number of nitrogens with two attached hydrogens (primary N) is 1. The molecular formula is C16H22IN3O2S2. The summed E-state index contributed by atoms with van der Waals surface area (Å²) in [6, 6.07) is 9.38. The van der Waals surface area contributed by atoms with E-state index in [2.05, 4.69) is 17.2 Å². The van der Waals surface area contributed by atoms with Gasteiger partial charge in [-0.2, -0.15) is 0 Å². The van der Waals surface area contributed by atoms with Gasteiger partial charge in [0.2, 0.25) is 0 Å². The number of rotatable bonds is 5. The molecule has 0 aliphatic carbocycles. The van der Waals surface area contributed by atoms with Crippen molar-refractivity contribution < 1.29 is 8.42 Å². The first-order chi connectivity index (χ1) is 10.8. The van der Waals surface area contributed by atoms with E-state index >= 15 is 0 Å². The molecule has 0 amide bonds. The fraction of sp³-hybridized carbons (Fsp3) is 0.312. The van der Waals surface area contributed by atoms with Gasteiger partial charge in [-0.05, 0) is 49.2 Å². The molecule has 0 saturated heterocycles. The molecule has 8 heteroatoms. The lowest BCUT2D eigenvalue weighted by Crippen LogP contribution is -2.22. The molecule has 0 fully saturated rings. The number of aryl methyl sites for hydroxylation is 2. The third-order valence-corrected chi connectivity index (χ3v) is 6.89. The first-order valence-corrected chi connectivity index (χ1v) is 9.74. The van der Waals surface area contributed by atoms with Gasteiger partial charge in [0.25, 0.3) is 0 Å². The van der Waals surface area contributed by atoms with Crippen molar-refractivity contribution in [2.75, 3.05) is 11.1 Å². The van der Waals surface area contributed by atoms with Crippen molar-refractivity contribution in [3.63, 3.8) is 0 Å². The molecule has 5 nitrogen and oxygen atoms in total. The maximum Gasteiger partial charge on any atom is 0.193 e. The smallest absolute Gasteiger partial charge is 0.193 e. The van der Waals surface area contributed by atoms with E-state index in [-0.39, 0.29) is 29.7 Å². The zero-order valence-electron chi connectivity index (χ0n) is 13.9. The highest BCUT2D eigenvalue weighted by Crippen LogP contribution is 2.23. The molecule has 2 rings (SSSR count). The SMILES string of the molecule is CCS(=O)(=O)c1ccc(CN=C(N)Nc2ccc(C)c(C)c2)s1.I. The summed E-state index contributed by atoms with van der Waals surface area (Å²) in [5, 5.41) is 3.04. The van der Waals surface area contributed by atoms with E-state index in [9.17, 15) is 8.42 Å². The summed E-state index contributed by atoms with van der Waals surface area (Å²) in [6.07, 6.45) is 0. The number of guanidine groups is 1. The van der Waals surface area contributed by atoms with Crippen LogP contribution in [-0.4, -0.2) is 20.1 Å². The summed E-state index contributed by atoms with van der Waals surface area (Å²) < 4.78 is 24.0. The number of sulfone groups is 1. The first kappa shape index (κ1) is 20.9. The molecule has 1 aromatic heterocycles. The normalized spacial score (nSPS) is 11.9. The quantitative estimate of drug-likeness (QED) is 0.389. The number of aliphatic imine (C=N–C) groups is 1. The van der Waals surface area contributed by atoms with Gasteiger partial charge in [-0.3, -0.25) is 0 Å². The standard InChI is InChI=1S/C16H21N3O2S2.HI/c1-4-23(20,21)15-8-7-14(22-15)10-18-16(17)19-13-6-5-11(2)12(3)9-13;/h5-9H,4,10H2,1-3H3,(H3,17,18,19);1H. The Morgan fingerprint density at radius 3 is 2.54 bits per heavy atom. The summed E-state index contributed by atoms with van der Waals surface area (Å²) in [5.41, 5.74) is 9.16. The van der Waals surface area contributed by atoms with Crippen LogP contribution in [0.4, 0.5) is 5.69 Å². The van der Waals surface area contributed by atoms with Crippen LogP contribution in [0, 0.1) is 13.8 Å². The zero-order valence-corrected chi connectivity index (χ0v) is 17.8. The number of nitrogens with one attached hydrogen (secondary N) is 1. The Kier molecular flexibility index (Phi) is 7.68. The van der Waals surface area contributed by atoms with Crippen LogP contribution >= 0.6 is 35.3 Å². The van der Waals surface area contributed by atoms with Crippen molar-refractivity contribution in [1.29, 1.82) is 0 Å². The van der Waals surface area contributed by atoms with Crippen LogP contribution in [0.3, 0.4) is 0 Å². The van der Waals surface area contributed by atoms with E-state index < -0.39 is 9.84 Å². The number of hydrogen-bond acceptors (Lipinski definition) is 4. The molecule has 1 heterocycles. The van der Waals surface area contributed by atoms with Gasteiger partial charge in [0.1, 0.15) is 4.21 Å². The number of benzene rings is 1. The van der Waals surface area contributed by atoms with E-state index in [1.54, 1.807) is 19.1 Å². The van der Waals surface area contributed by atoms with Crippen molar-refractivity contribution >= 4 is 56.8 Å². The van der Waals surface area contributed by atoms with Gasteiger partial charge in [-0.15, -0.1) is 35.3 Å². The summed E-state index contributed by atoms with van der Waals surface area (Å²) in [6.45, 7) is 6.08. The minimum Gasteiger partial charge on any atom is -0.370 e. The molecule has 0 spiro atoms. The second-order valence-corrected chi connectivity index (χ2v) is 8.92. The second kappa shape index (κ2) is 8.82. The van der Waals surface area contributed by atoms with Crippen LogP contribution in [0.5, 0.6) is 0 Å². The molecule has 1 aromatic carbocycles. The maximum atomic E-state index is 11.8. The van der Waals surface area contributed by atoms with Crippen LogP contribution in [0.15, 0.2) is 39.5 Å². The Morgan fingerprint density at radius 2 is 1.92 bits per heavy atom. The molecule has 132 valence electrons. The molecule has 24 heavy (non-hydrogen) atoms. The predicted molar refractivity (Wildman–Crippen MR) is 112 cm³/mol. The third kappa shape index (κ3) is 5.45. The first-order valence-electron chi connectivity index (χ1n) is 7.27. The van der Waals surface area contributed by atoms with Gasteiger partial charge in [0.05, 0.1) is 12.3 Å². The van der Waals surface area contributed by atoms with Crippen LogP contribution in [-0.2, 0) is 16.4 Å². The average Bonchev–Trinajstić information content (AvgIpc) is 2.99. The number of anilines is 1. The van der Waals surface area contributed by atoms with Gasteiger partial charge >= 0.3 is 0 Å². The minimum atomic E-state index is -3.15. The molecule has 2 aromatic rings. The van der Waals surface area contributed by atoms with Crippen molar-refractivity contribution in [3.05, 3.63) is 46.3 Å². The summed E-state index contributed by atoms with van der Waals surface area (Å²) in [5.74, 6) is 0.411. The molecule has 0 saturated carbocycles. The van der Waals surface area contributed by atoms with E-state index in [1.165, 1.54) is 22.5 Å². The Morgan fingerprint density at radius 1 is 1.21 bits per heavy atom. The van der Waals surface area contributed by atoms with Crippen LogP contribution in [0.1, 0.15) is 22.9 Å². The van der Waals surface area contributed by atoms with Crippen LogP contribution in [0.2, 0.25) is 0 Å². The Balaban J connectivity index is 0.00000288. The van der Waals surface area contributed by atoms with Gasteiger partial charge < -0.3 is 11.1 Å². The predicted octanol–water partition coefficient (Wildman–Crippen LogP) is 3.70. The average molecular weight is 479 g/mol. The Bertz CT molecular complexity index is 830. The molecule has 0 radical (unpaired) electrons. The van der Waals surface area contributed by atoms with Gasteiger partial charge in [-0.1, -0.05) is 13.0 Å².